The maximum absolute atomic E-state index is 6.36. The summed E-state index contributed by atoms with van der Waals surface area (Å²) in [6, 6.07) is 80.3. The van der Waals surface area contributed by atoms with Crippen molar-refractivity contribution < 1.29 is 4.42 Å². The largest absolute Gasteiger partial charge is 0.456 e. The second-order valence-electron chi connectivity index (χ2n) is 15.3. The smallest absolute Gasteiger partial charge is 0.179 e. The van der Waals surface area contributed by atoms with Gasteiger partial charge in [-0.15, -0.1) is 0 Å². The fourth-order valence-electron chi connectivity index (χ4n) is 9.76. The van der Waals surface area contributed by atoms with Gasteiger partial charge in [-0.1, -0.05) is 158 Å². The third-order valence-corrected chi connectivity index (χ3v) is 17.1. The first-order chi connectivity index (χ1) is 28.8. The van der Waals surface area contributed by atoms with Crippen LogP contribution in [0.5, 0.6) is 0 Å². The van der Waals surface area contributed by atoms with Crippen LogP contribution in [0.1, 0.15) is 0 Å². The molecule has 0 radical (unpaired) electrons. The maximum Gasteiger partial charge on any atom is 0.179 e. The summed E-state index contributed by atoms with van der Waals surface area (Å²) in [5.74, 6) is 0. The van der Waals surface area contributed by atoms with Crippen molar-refractivity contribution in [2.75, 3.05) is 0 Å². The molecule has 0 saturated heterocycles. The second-order valence-corrected chi connectivity index (χ2v) is 19.1. The Bertz CT molecular complexity index is 3390. The van der Waals surface area contributed by atoms with Crippen LogP contribution in [-0.4, -0.2) is 17.2 Å². The average molecular weight is 757 g/mol. The molecule has 3 aromatic heterocycles. The Morgan fingerprint density at radius 2 is 0.672 bits per heavy atom. The van der Waals surface area contributed by atoms with Gasteiger partial charge in [0.15, 0.2) is 8.07 Å². The van der Waals surface area contributed by atoms with Gasteiger partial charge >= 0.3 is 0 Å². The summed E-state index contributed by atoms with van der Waals surface area (Å²) in [7, 11) is -2.82. The van der Waals surface area contributed by atoms with Crippen LogP contribution >= 0.6 is 0 Å². The van der Waals surface area contributed by atoms with Crippen molar-refractivity contribution in [3.8, 4) is 11.4 Å². The lowest BCUT2D eigenvalue weighted by atomic mass is 10.1. The highest BCUT2D eigenvalue weighted by Gasteiger charge is 2.41. The molecule has 3 heterocycles. The number of rotatable bonds is 6. The quantitative estimate of drug-likeness (QED) is 0.122. The number of benzene rings is 9. The molecule has 9 aromatic carbocycles. The van der Waals surface area contributed by atoms with Crippen LogP contribution in [0.15, 0.2) is 223 Å². The van der Waals surface area contributed by atoms with Crippen molar-refractivity contribution in [2.24, 2.45) is 0 Å². The highest BCUT2D eigenvalue weighted by molar-refractivity contribution is 7.19. The van der Waals surface area contributed by atoms with Crippen molar-refractivity contribution in [2.45, 2.75) is 0 Å². The number of fused-ring (bicyclic) bond motifs is 9. The summed E-state index contributed by atoms with van der Waals surface area (Å²) >= 11 is 0. The van der Waals surface area contributed by atoms with E-state index in [0.717, 1.165) is 33.3 Å². The Labute approximate surface area is 336 Å². The summed E-state index contributed by atoms with van der Waals surface area (Å²) in [5.41, 5.74) is 8.90. The molecule has 0 amide bonds. The third-order valence-electron chi connectivity index (χ3n) is 12.3. The lowest BCUT2D eigenvalue weighted by Crippen LogP contribution is -2.74. The standard InChI is InChI=1S/C54H36N2OSi/c1-3-15-39(16-4-1)58(40-17-5-2-6-18-40,41-31-27-37(28-32-41)55-49-23-11-7-19-43(49)44-20-8-12-24-50(44)55)42-33-29-38(30-34-42)56-51-25-13-9-21-45(51)47-36-54-48(35-52(47)56)46-22-10-14-26-53(46)57-54/h1-36H. The molecule has 4 heteroatoms. The van der Waals surface area contributed by atoms with E-state index in [-0.39, 0.29) is 0 Å². The van der Waals surface area contributed by atoms with Gasteiger partial charge in [0, 0.05) is 43.7 Å². The van der Waals surface area contributed by atoms with E-state index in [1.807, 2.05) is 6.07 Å². The Hall–Kier alpha value is -7.40. The van der Waals surface area contributed by atoms with E-state index in [1.54, 1.807) is 0 Å². The van der Waals surface area contributed by atoms with Crippen molar-refractivity contribution in [1.29, 1.82) is 0 Å². The molecular formula is C54H36N2OSi. The third kappa shape index (κ3) is 4.73. The maximum atomic E-state index is 6.36. The van der Waals surface area contributed by atoms with Crippen molar-refractivity contribution >= 4 is 94.4 Å². The monoisotopic (exact) mass is 756 g/mol. The summed E-state index contributed by atoms with van der Waals surface area (Å²) in [4.78, 5) is 0. The van der Waals surface area contributed by atoms with Crippen LogP contribution in [0.2, 0.25) is 0 Å². The fourth-order valence-corrected chi connectivity index (χ4v) is 14.5. The number of aromatic nitrogens is 2. The van der Waals surface area contributed by atoms with Crippen LogP contribution in [-0.2, 0) is 0 Å². The summed E-state index contributed by atoms with van der Waals surface area (Å²) in [5, 5.41) is 12.6. The molecule has 0 unspecified atom stereocenters. The molecule has 58 heavy (non-hydrogen) atoms. The van der Waals surface area contributed by atoms with E-state index in [2.05, 4.69) is 221 Å². The first kappa shape index (κ1) is 32.8. The molecule has 12 aromatic rings. The molecule has 0 aliphatic carbocycles. The van der Waals surface area contributed by atoms with Gasteiger partial charge < -0.3 is 13.6 Å². The molecule has 0 N–H and O–H groups in total. The van der Waals surface area contributed by atoms with Gasteiger partial charge in [0.1, 0.15) is 11.2 Å². The van der Waals surface area contributed by atoms with Crippen LogP contribution in [0.3, 0.4) is 0 Å². The highest BCUT2D eigenvalue weighted by Crippen LogP contribution is 2.38. The van der Waals surface area contributed by atoms with Crippen LogP contribution in [0, 0.1) is 0 Å². The first-order valence-electron chi connectivity index (χ1n) is 19.9. The van der Waals surface area contributed by atoms with Crippen molar-refractivity contribution in [3.05, 3.63) is 218 Å². The van der Waals surface area contributed by atoms with Crippen molar-refractivity contribution in [3.63, 3.8) is 0 Å². The summed E-state index contributed by atoms with van der Waals surface area (Å²) in [6.07, 6.45) is 0. The predicted molar refractivity (Wildman–Crippen MR) is 246 cm³/mol. The van der Waals surface area contributed by atoms with E-state index >= 15 is 0 Å². The molecule has 12 rings (SSSR count). The lowest BCUT2D eigenvalue weighted by Gasteiger charge is -2.34. The molecular weight excluding hydrogens is 721 g/mol. The highest BCUT2D eigenvalue weighted by atomic mass is 28.3. The number of hydrogen-bond acceptors (Lipinski definition) is 1. The number of nitrogens with zero attached hydrogens (tertiary/aromatic N) is 2. The normalized spacial score (nSPS) is 12.1. The van der Waals surface area contributed by atoms with Gasteiger partial charge in [0.05, 0.1) is 22.1 Å². The molecule has 0 aliphatic heterocycles. The van der Waals surface area contributed by atoms with Crippen LogP contribution in [0.4, 0.5) is 0 Å². The second kappa shape index (κ2) is 12.8. The summed E-state index contributed by atoms with van der Waals surface area (Å²) < 4.78 is 11.2. The van der Waals surface area contributed by atoms with Gasteiger partial charge in [-0.2, -0.15) is 0 Å². The van der Waals surface area contributed by atoms with Gasteiger partial charge in [-0.25, -0.2) is 0 Å². The Morgan fingerprint density at radius 3 is 1.19 bits per heavy atom. The summed E-state index contributed by atoms with van der Waals surface area (Å²) in [6.45, 7) is 0. The molecule has 272 valence electrons. The van der Waals surface area contributed by atoms with Crippen LogP contribution in [0.25, 0.3) is 76.9 Å². The van der Waals surface area contributed by atoms with E-state index in [1.165, 1.54) is 64.4 Å². The van der Waals surface area contributed by atoms with Gasteiger partial charge in [0.25, 0.3) is 0 Å². The zero-order valence-electron chi connectivity index (χ0n) is 31.6. The van der Waals surface area contributed by atoms with E-state index in [4.69, 9.17) is 4.42 Å². The predicted octanol–water partition coefficient (Wildman–Crippen LogP) is 11.2. The fraction of sp³-hybridized carbons (Fsp3) is 0. The Balaban J connectivity index is 1.07. The number of para-hydroxylation sites is 4. The minimum atomic E-state index is -2.82. The van der Waals surface area contributed by atoms with Crippen molar-refractivity contribution in [1.82, 2.24) is 9.13 Å². The SMILES string of the molecule is c1ccc([Si](c2ccccc2)(c2ccc(-n3c4ccccc4c4ccccc43)cc2)c2ccc(-n3c4ccccc4c4cc5oc6ccccc6c5cc43)cc2)cc1. The molecule has 0 aliphatic rings. The van der Waals surface area contributed by atoms with E-state index in [9.17, 15) is 0 Å². The Kier molecular flexibility index (Phi) is 7.25. The van der Waals surface area contributed by atoms with Gasteiger partial charge in [-0.05, 0) is 81.4 Å². The molecule has 0 bridgehead atoms. The molecule has 0 saturated carbocycles. The first-order valence-corrected chi connectivity index (χ1v) is 21.9. The molecule has 0 spiro atoms. The zero-order chi connectivity index (χ0) is 38.2. The minimum Gasteiger partial charge on any atom is -0.456 e. The number of furan rings is 1. The number of hydrogen-bond donors (Lipinski definition) is 0. The van der Waals surface area contributed by atoms with E-state index in [0.29, 0.717) is 0 Å². The Morgan fingerprint density at radius 1 is 0.276 bits per heavy atom. The van der Waals surface area contributed by atoms with Crippen LogP contribution < -0.4 is 20.7 Å². The topological polar surface area (TPSA) is 23.0 Å². The molecule has 0 fully saturated rings. The molecule has 0 atom stereocenters. The van der Waals surface area contributed by atoms with Gasteiger partial charge in [-0.3, -0.25) is 0 Å². The lowest BCUT2D eigenvalue weighted by molar-refractivity contribution is 0.669. The zero-order valence-corrected chi connectivity index (χ0v) is 32.6. The average Bonchev–Trinajstić information content (AvgIpc) is 3.94. The molecule has 3 nitrogen and oxygen atoms in total. The minimum absolute atomic E-state index is 0.913. The van der Waals surface area contributed by atoms with Gasteiger partial charge in [0.2, 0.25) is 0 Å². The van der Waals surface area contributed by atoms with E-state index < -0.39 is 8.07 Å².